The molecule has 1 rings (SSSR count). The van der Waals surface area contributed by atoms with Gasteiger partial charge in [0.15, 0.2) is 0 Å². The highest BCUT2D eigenvalue weighted by Crippen LogP contribution is 2.24. The fourth-order valence-electron chi connectivity index (χ4n) is 1.06. The number of hydrogen-bond acceptors (Lipinski definition) is 1. The second kappa shape index (κ2) is 5.03. The van der Waals surface area contributed by atoms with E-state index in [4.69, 9.17) is 5.26 Å². The quantitative estimate of drug-likeness (QED) is 0.598. The van der Waals surface area contributed by atoms with Crippen LogP contribution in [0, 0.1) is 11.3 Å². The Morgan fingerprint density at radius 1 is 1.38 bits per heavy atom. The first-order chi connectivity index (χ1) is 6.29. The van der Waals surface area contributed by atoms with Gasteiger partial charge in [0, 0.05) is 3.58 Å². The molecule has 0 atom stereocenters. The van der Waals surface area contributed by atoms with Crippen molar-refractivity contribution in [2.75, 3.05) is 0 Å². The number of nitrogens with zero attached hydrogens (tertiary/aromatic N) is 1. The molecule has 0 aromatic heterocycles. The molecule has 66 valence electrons. The first kappa shape index (κ1) is 10.3. The van der Waals surface area contributed by atoms with Gasteiger partial charge in [-0.05, 0) is 34.6 Å². The van der Waals surface area contributed by atoms with Crippen LogP contribution in [0.4, 0.5) is 0 Å². The third-order valence-electron chi connectivity index (χ3n) is 1.76. The summed E-state index contributed by atoms with van der Waals surface area (Å²) in [6, 6.07) is 12.0. The lowest BCUT2D eigenvalue weighted by molar-refractivity contribution is 1.22. The van der Waals surface area contributed by atoms with E-state index in [0.29, 0.717) is 0 Å². The average Bonchev–Trinajstić information content (AvgIpc) is 2.20. The summed E-state index contributed by atoms with van der Waals surface area (Å²) in [5.41, 5.74) is 1.81. The van der Waals surface area contributed by atoms with E-state index >= 15 is 0 Å². The van der Waals surface area contributed by atoms with Crippen molar-refractivity contribution >= 4 is 28.2 Å². The van der Waals surface area contributed by atoms with E-state index in [1.807, 2.05) is 30.3 Å². The molecule has 1 aromatic carbocycles. The highest BCUT2D eigenvalue weighted by Gasteiger charge is 2.03. The van der Waals surface area contributed by atoms with Gasteiger partial charge in [-0.1, -0.05) is 37.3 Å². The molecule has 0 bridgehead atoms. The zero-order valence-electron chi connectivity index (χ0n) is 7.42. The van der Waals surface area contributed by atoms with E-state index < -0.39 is 0 Å². The van der Waals surface area contributed by atoms with Crippen LogP contribution < -0.4 is 0 Å². The van der Waals surface area contributed by atoms with E-state index in [1.54, 1.807) is 0 Å². The summed E-state index contributed by atoms with van der Waals surface area (Å²) >= 11 is 2.23. The van der Waals surface area contributed by atoms with Crippen LogP contribution >= 0.6 is 22.6 Å². The fraction of sp³-hybridized carbons (Fsp3) is 0.182. The van der Waals surface area contributed by atoms with Crippen molar-refractivity contribution in [3.63, 3.8) is 0 Å². The predicted octanol–water partition coefficient (Wildman–Crippen LogP) is 3.77. The largest absolute Gasteiger partial charge is 0.192 e. The molecular weight excluding hydrogens is 273 g/mol. The van der Waals surface area contributed by atoms with Crippen LogP contribution in [0.25, 0.3) is 5.57 Å². The van der Waals surface area contributed by atoms with Crippen molar-refractivity contribution in [3.8, 4) is 6.07 Å². The summed E-state index contributed by atoms with van der Waals surface area (Å²) in [4.78, 5) is 0. The predicted molar refractivity (Wildman–Crippen MR) is 63.3 cm³/mol. The minimum atomic E-state index is 0.795. The maximum atomic E-state index is 8.97. The molecule has 0 unspecified atom stereocenters. The molecule has 0 amide bonds. The number of halogens is 1. The van der Waals surface area contributed by atoms with Gasteiger partial charge in [-0.3, -0.25) is 0 Å². The van der Waals surface area contributed by atoms with Crippen LogP contribution in [-0.2, 0) is 0 Å². The number of allylic oxidation sites excluding steroid dienone is 2. The molecule has 0 saturated heterocycles. The lowest BCUT2D eigenvalue weighted by Crippen LogP contribution is -1.82. The van der Waals surface area contributed by atoms with Crippen LogP contribution in [0.1, 0.15) is 18.9 Å². The van der Waals surface area contributed by atoms with Gasteiger partial charge in [0.05, 0.1) is 5.57 Å². The van der Waals surface area contributed by atoms with Crippen LogP contribution in [-0.4, -0.2) is 0 Å². The minimum Gasteiger partial charge on any atom is -0.192 e. The first-order valence-corrected chi connectivity index (χ1v) is 5.21. The van der Waals surface area contributed by atoms with Crippen molar-refractivity contribution in [1.29, 1.82) is 5.26 Å². The fourth-order valence-corrected chi connectivity index (χ4v) is 1.50. The SMILES string of the molecule is CCC(I)=C(C#N)c1ccccc1. The standard InChI is InChI=1S/C11H10IN/c1-2-11(12)10(8-13)9-6-4-3-5-7-9/h3-7H,2H2,1H3. The Kier molecular flexibility index (Phi) is 3.97. The monoisotopic (exact) mass is 283 g/mol. The number of hydrogen-bond donors (Lipinski definition) is 0. The second-order valence-electron chi connectivity index (χ2n) is 2.61. The summed E-state index contributed by atoms with van der Waals surface area (Å²) in [6.45, 7) is 2.06. The second-order valence-corrected chi connectivity index (χ2v) is 3.91. The van der Waals surface area contributed by atoms with Gasteiger partial charge in [0.1, 0.15) is 6.07 Å². The summed E-state index contributed by atoms with van der Waals surface area (Å²) in [7, 11) is 0. The molecule has 13 heavy (non-hydrogen) atoms. The molecule has 0 N–H and O–H groups in total. The molecule has 0 aliphatic rings. The zero-order valence-corrected chi connectivity index (χ0v) is 9.58. The average molecular weight is 283 g/mol. The van der Waals surface area contributed by atoms with Gasteiger partial charge in [0.25, 0.3) is 0 Å². The molecule has 0 heterocycles. The zero-order chi connectivity index (χ0) is 9.68. The molecule has 0 spiro atoms. The Morgan fingerprint density at radius 3 is 2.46 bits per heavy atom. The minimum absolute atomic E-state index is 0.795. The third kappa shape index (κ3) is 2.56. The Labute approximate surface area is 92.2 Å². The van der Waals surface area contributed by atoms with Crippen LogP contribution in [0.15, 0.2) is 33.9 Å². The van der Waals surface area contributed by atoms with Crippen LogP contribution in [0.2, 0.25) is 0 Å². The smallest absolute Gasteiger partial charge is 0.101 e. The Morgan fingerprint density at radius 2 is 2.00 bits per heavy atom. The molecule has 1 nitrogen and oxygen atoms in total. The number of benzene rings is 1. The molecular formula is C11H10IN. The maximum absolute atomic E-state index is 8.97. The van der Waals surface area contributed by atoms with Crippen molar-refractivity contribution in [3.05, 3.63) is 39.5 Å². The molecule has 0 saturated carbocycles. The summed E-state index contributed by atoms with van der Waals surface area (Å²) < 4.78 is 1.12. The normalized spacial score (nSPS) is 11.8. The number of nitriles is 1. The van der Waals surface area contributed by atoms with Crippen molar-refractivity contribution in [2.45, 2.75) is 13.3 Å². The van der Waals surface area contributed by atoms with Gasteiger partial charge < -0.3 is 0 Å². The molecule has 0 radical (unpaired) electrons. The topological polar surface area (TPSA) is 23.8 Å². The van der Waals surface area contributed by atoms with Crippen LogP contribution in [0.3, 0.4) is 0 Å². The van der Waals surface area contributed by atoms with Crippen molar-refractivity contribution in [1.82, 2.24) is 0 Å². The van der Waals surface area contributed by atoms with Crippen molar-refractivity contribution in [2.24, 2.45) is 0 Å². The van der Waals surface area contributed by atoms with E-state index in [9.17, 15) is 0 Å². The molecule has 0 fully saturated rings. The van der Waals surface area contributed by atoms with Crippen LogP contribution in [0.5, 0.6) is 0 Å². The van der Waals surface area contributed by atoms with Gasteiger partial charge in [-0.25, -0.2) is 0 Å². The van der Waals surface area contributed by atoms with Gasteiger partial charge >= 0.3 is 0 Å². The van der Waals surface area contributed by atoms with E-state index in [-0.39, 0.29) is 0 Å². The summed E-state index contributed by atoms with van der Waals surface area (Å²) in [6.07, 6.45) is 0.915. The molecule has 1 aromatic rings. The Bertz CT molecular complexity index is 346. The van der Waals surface area contributed by atoms with Gasteiger partial charge in [-0.2, -0.15) is 5.26 Å². The van der Waals surface area contributed by atoms with E-state index in [0.717, 1.165) is 21.1 Å². The van der Waals surface area contributed by atoms with Gasteiger partial charge in [-0.15, -0.1) is 0 Å². The lowest BCUT2D eigenvalue weighted by Gasteiger charge is -2.00. The highest BCUT2D eigenvalue weighted by atomic mass is 127. The van der Waals surface area contributed by atoms with Gasteiger partial charge in [0.2, 0.25) is 0 Å². The molecule has 0 aliphatic heterocycles. The van der Waals surface area contributed by atoms with E-state index in [2.05, 4.69) is 35.6 Å². The highest BCUT2D eigenvalue weighted by molar-refractivity contribution is 14.1. The Hall–Kier alpha value is -0.820. The number of rotatable bonds is 2. The maximum Gasteiger partial charge on any atom is 0.101 e. The summed E-state index contributed by atoms with van der Waals surface area (Å²) in [5, 5.41) is 8.97. The Balaban J connectivity index is 3.15. The molecule has 2 heteroatoms. The summed E-state index contributed by atoms with van der Waals surface area (Å²) in [5.74, 6) is 0. The molecule has 0 aliphatic carbocycles. The van der Waals surface area contributed by atoms with Crippen molar-refractivity contribution < 1.29 is 0 Å². The third-order valence-corrected chi connectivity index (χ3v) is 3.06. The van der Waals surface area contributed by atoms with E-state index in [1.165, 1.54) is 0 Å². The first-order valence-electron chi connectivity index (χ1n) is 4.13. The lowest BCUT2D eigenvalue weighted by atomic mass is 10.1.